The summed E-state index contributed by atoms with van der Waals surface area (Å²) in [5.74, 6) is 0.989. The van der Waals surface area contributed by atoms with Crippen molar-refractivity contribution < 1.29 is 13.2 Å². The Morgan fingerprint density at radius 2 is 1.97 bits per heavy atom. The number of benzene rings is 1. The average molecular weight is 415 g/mol. The Morgan fingerprint density at radius 3 is 2.59 bits per heavy atom. The summed E-state index contributed by atoms with van der Waals surface area (Å²) < 4.78 is 33.8. The number of fused-ring (bicyclic) bond motifs is 1. The molecule has 1 saturated carbocycles. The van der Waals surface area contributed by atoms with Crippen LogP contribution in [0.25, 0.3) is 22.2 Å². The fourth-order valence-corrected chi connectivity index (χ4v) is 5.04. The van der Waals surface area contributed by atoms with Crippen molar-refractivity contribution in [3.8, 4) is 17.0 Å². The van der Waals surface area contributed by atoms with Crippen molar-refractivity contribution in [1.29, 1.82) is 0 Å². The first kappa shape index (κ1) is 19.8. The lowest BCUT2D eigenvalue weighted by atomic mass is 10.1. The Kier molecular flexibility index (Phi) is 4.81. The maximum Gasteiger partial charge on any atom is 0.292 e. The quantitative estimate of drug-likeness (QED) is 0.615. The normalized spacial score (nSPS) is 15.6. The molecule has 0 N–H and O–H groups in total. The summed E-state index contributed by atoms with van der Waals surface area (Å²) in [5.41, 5.74) is 2.39. The molecule has 0 spiro atoms. The Bertz CT molecular complexity index is 1250. The van der Waals surface area contributed by atoms with Crippen LogP contribution in [0.4, 0.5) is 0 Å². The highest BCUT2D eigenvalue weighted by Crippen LogP contribution is 2.41. The topological polar surface area (TPSA) is 70.3 Å². The summed E-state index contributed by atoms with van der Waals surface area (Å²) in [5, 5.41) is 0.709. The van der Waals surface area contributed by atoms with Gasteiger partial charge in [0.1, 0.15) is 0 Å². The minimum Gasteiger partial charge on any atom is -0.491 e. The van der Waals surface area contributed by atoms with Gasteiger partial charge in [0.15, 0.2) is 15.6 Å². The lowest BCUT2D eigenvalue weighted by molar-refractivity contribution is 0.405. The highest BCUT2D eigenvalue weighted by atomic mass is 32.2. The number of aromatic nitrogens is 2. The van der Waals surface area contributed by atoms with Gasteiger partial charge in [-0.05, 0) is 43.5 Å². The van der Waals surface area contributed by atoms with Crippen molar-refractivity contribution in [2.75, 3.05) is 13.4 Å². The SMILES string of the molecule is COc1cc(-c2cc3c(S(C)(=O)=O)cccc3n2[C@H](C)CC2CC2)cn(C)c1=O. The summed E-state index contributed by atoms with van der Waals surface area (Å²) >= 11 is 0. The number of hydrogen-bond acceptors (Lipinski definition) is 4. The highest BCUT2D eigenvalue weighted by molar-refractivity contribution is 7.91. The number of hydrogen-bond donors (Lipinski definition) is 0. The zero-order valence-corrected chi connectivity index (χ0v) is 18.0. The first-order valence-electron chi connectivity index (χ1n) is 9.79. The second-order valence-corrected chi connectivity index (χ2v) is 10.1. The van der Waals surface area contributed by atoms with Crippen LogP contribution in [0.3, 0.4) is 0 Å². The number of sulfone groups is 1. The van der Waals surface area contributed by atoms with Gasteiger partial charge in [-0.3, -0.25) is 4.79 Å². The molecule has 29 heavy (non-hydrogen) atoms. The van der Waals surface area contributed by atoms with Gasteiger partial charge in [-0.2, -0.15) is 0 Å². The first-order valence-corrected chi connectivity index (χ1v) is 11.7. The van der Waals surface area contributed by atoms with Crippen LogP contribution in [0, 0.1) is 5.92 Å². The van der Waals surface area contributed by atoms with Crippen molar-refractivity contribution in [3.05, 3.63) is 46.9 Å². The third kappa shape index (κ3) is 3.59. The van der Waals surface area contributed by atoms with Crippen molar-refractivity contribution in [1.82, 2.24) is 9.13 Å². The van der Waals surface area contributed by atoms with E-state index >= 15 is 0 Å². The molecule has 1 aliphatic rings. The second kappa shape index (κ2) is 7.06. The highest BCUT2D eigenvalue weighted by Gasteiger charge is 2.27. The molecular formula is C22H26N2O4S. The largest absolute Gasteiger partial charge is 0.491 e. The van der Waals surface area contributed by atoms with Crippen LogP contribution < -0.4 is 10.3 Å². The maximum atomic E-state index is 12.4. The first-order chi connectivity index (χ1) is 13.7. The van der Waals surface area contributed by atoms with E-state index in [-0.39, 0.29) is 17.4 Å². The van der Waals surface area contributed by atoms with Gasteiger partial charge in [-0.25, -0.2) is 8.42 Å². The summed E-state index contributed by atoms with van der Waals surface area (Å²) in [6, 6.07) is 9.28. The summed E-state index contributed by atoms with van der Waals surface area (Å²) in [6.07, 6.45) is 6.56. The maximum absolute atomic E-state index is 12.4. The molecule has 0 radical (unpaired) electrons. The van der Waals surface area contributed by atoms with Gasteiger partial charge in [-0.1, -0.05) is 18.9 Å². The van der Waals surface area contributed by atoms with Gasteiger partial charge in [0.2, 0.25) is 0 Å². The predicted molar refractivity (Wildman–Crippen MR) is 114 cm³/mol. The third-order valence-electron chi connectivity index (χ3n) is 5.72. The summed E-state index contributed by atoms with van der Waals surface area (Å²) in [4.78, 5) is 12.6. The molecule has 0 amide bonds. The molecule has 1 aliphatic carbocycles. The van der Waals surface area contributed by atoms with Crippen LogP contribution in [0.1, 0.15) is 32.2 Å². The van der Waals surface area contributed by atoms with Crippen LogP contribution in [0.15, 0.2) is 46.2 Å². The minimum absolute atomic E-state index is 0.202. The van der Waals surface area contributed by atoms with E-state index in [9.17, 15) is 13.2 Å². The molecule has 0 bridgehead atoms. The molecule has 7 heteroatoms. The van der Waals surface area contributed by atoms with E-state index in [1.54, 1.807) is 31.4 Å². The van der Waals surface area contributed by atoms with Crippen LogP contribution in [-0.4, -0.2) is 30.9 Å². The molecular weight excluding hydrogens is 388 g/mol. The van der Waals surface area contributed by atoms with Crippen molar-refractivity contribution in [2.45, 2.75) is 37.1 Å². The molecule has 154 valence electrons. The van der Waals surface area contributed by atoms with Gasteiger partial charge in [0.05, 0.1) is 23.2 Å². The van der Waals surface area contributed by atoms with Gasteiger partial charge in [0, 0.05) is 36.5 Å². The zero-order chi connectivity index (χ0) is 20.9. The van der Waals surface area contributed by atoms with E-state index in [1.165, 1.54) is 30.8 Å². The third-order valence-corrected chi connectivity index (χ3v) is 6.88. The standard InChI is InChI=1S/C22H26N2O4S/c1-14(10-15-8-9-15)24-18-6-5-7-21(29(4,26)27)17(18)12-19(24)16-11-20(28-3)22(25)23(2)13-16/h5-7,11-15H,8-10H2,1-4H3/t14-/m1/s1. The Hall–Kier alpha value is -2.54. The number of methoxy groups -OCH3 is 1. The second-order valence-electron chi connectivity index (χ2n) is 8.10. The average Bonchev–Trinajstić information content (AvgIpc) is 3.38. The lowest BCUT2D eigenvalue weighted by Crippen LogP contribution is -2.18. The van der Waals surface area contributed by atoms with Crippen LogP contribution in [-0.2, 0) is 16.9 Å². The van der Waals surface area contributed by atoms with E-state index in [0.717, 1.165) is 29.1 Å². The number of rotatable bonds is 6. The number of ether oxygens (including phenoxy) is 1. The number of nitrogens with zero attached hydrogens (tertiary/aromatic N) is 2. The molecule has 1 fully saturated rings. The van der Waals surface area contributed by atoms with Crippen LogP contribution >= 0.6 is 0 Å². The van der Waals surface area contributed by atoms with Crippen LogP contribution in [0.2, 0.25) is 0 Å². The molecule has 1 atom stereocenters. The molecule has 0 unspecified atom stereocenters. The Morgan fingerprint density at radius 1 is 1.24 bits per heavy atom. The van der Waals surface area contributed by atoms with E-state index in [4.69, 9.17) is 4.74 Å². The van der Waals surface area contributed by atoms with E-state index < -0.39 is 9.84 Å². The fraction of sp³-hybridized carbons (Fsp3) is 0.409. The van der Waals surface area contributed by atoms with Gasteiger partial charge < -0.3 is 13.9 Å². The fourth-order valence-electron chi connectivity index (χ4n) is 4.15. The number of pyridine rings is 1. The van der Waals surface area contributed by atoms with E-state index in [0.29, 0.717) is 10.3 Å². The Labute approximate surface area is 170 Å². The number of aryl methyl sites for hydroxylation is 1. The zero-order valence-electron chi connectivity index (χ0n) is 17.2. The van der Waals surface area contributed by atoms with Crippen molar-refractivity contribution in [3.63, 3.8) is 0 Å². The molecule has 1 aromatic carbocycles. The Balaban J connectivity index is 2.02. The lowest BCUT2D eigenvalue weighted by Gasteiger charge is -2.20. The van der Waals surface area contributed by atoms with Gasteiger partial charge >= 0.3 is 0 Å². The molecule has 3 aromatic rings. The van der Waals surface area contributed by atoms with E-state index in [2.05, 4.69) is 11.5 Å². The van der Waals surface area contributed by atoms with Gasteiger partial charge in [-0.15, -0.1) is 0 Å². The van der Waals surface area contributed by atoms with E-state index in [1.807, 2.05) is 12.1 Å². The summed E-state index contributed by atoms with van der Waals surface area (Å²) in [6.45, 7) is 2.17. The smallest absolute Gasteiger partial charge is 0.292 e. The van der Waals surface area contributed by atoms with Crippen molar-refractivity contribution in [2.24, 2.45) is 13.0 Å². The molecule has 2 heterocycles. The molecule has 6 nitrogen and oxygen atoms in total. The molecule has 0 saturated heterocycles. The van der Waals surface area contributed by atoms with Crippen LogP contribution in [0.5, 0.6) is 5.75 Å². The predicted octanol–water partition coefficient (Wildman–Crippen LogP) is 3.78. The molecule has 2 aromatic heterocycles. The monoisotopic (exact) mass is 414 g/mol. The minimum atomic E-state index is -3.37. The molecule has 0 aliphatic heterocycles. The summed E-state index contributed by atoms with van der Waals surface area (Å²) in [7, 11) is -0.201. The molecule has 4 rings (SSSR count). The van der Waals surface area contributed by atoms with Crippen molar-refractivity contribution >= 4 is 20.7 Å². The van der Waals surface area contributed by atoms with Gasteiger partial charge in [0.25, 0.3) is 5.56 Å².